The highest BCUT2D eigenvalue weighted by molar-refractivity contribution is 6.03. The van der Waals surface area contributed by atoms with Gasteiger partial charge >= 0.3 is 5.63 Å². The molecule has 7 heteroatoms. The number of nitrogens with two attached hydrogens (primary N) is 1. The summed E-state index contributed by atoms with van der Waals surface area (Å²) in [7, 11) is 0. The summed E-state index contributed by atoms with van der Waals surface area (Å²) in [5.74, 6) is -0.712. The summed E-state index contributed by atoms with van der Waals surface area (Å²) in [4.78, 5) is 34.9. The number of aryl methyl sites for hydroxylation is 1. The predicted octanol–water partition coefficient (Wildman–Crippen LogP) is 2.22. The number of hydrogen-bond donors (Lipinski definition) is 2. The maximum Gasteiger partial charge on any atom is 0.336 e. The topological polar surface area (TPSA) is 112 Å². The summed E-state index contributed by atoms with van der Waals surface area (Å²) in [6.45, 7) is 1.53. The highest BCUT2D eigenvalue weighted by Gasteiger charge is 2.11. The average Bonchev–Trinajstić information content (AvgIpc) is 2.59. The molecule has 7 nitrogen and oxygen atoms in total. The van der Waals surface area contributed by atoms with Crippen molar-refractivity contribution in [2.75, 3.05) is 11.9 Å². The van der Waals surface area contributed by atoms with Crippen LogP contribution in [0.3, 0.4) is 0 Å². The van der Waals surface area contributed by atoms with E-state index < -0.39 is 17.4 Å². The molecule has 2 amide bonds. The molecule has 0 aliphatic carbocycles. The van der Waals surface area contributed by atoms with Gasteiger partial charge in [-0.05, 0) is 36.8 Å². The van der Waals surface area contributed by atoms with Gasteiger partial charge in [0.25, 0.3) is 11.8 Å². The minimum atomic E-state index is -0.637. The van der Waals surface area contributed by atoms with Gasteiger partial charge in [0.2, 0.25) is 0 Å². The van der Waals surface area contributed by atoms with Crippen LogP contribution in [0.5, 0.6) is 5.75 Å². The van der Waals surface area contributed by atoms with Crippen LogP contribution >= 0.6 is 0 Å². The Balaban J connectivity index is 1.71. The number of ether oxygens (including phenoxy) is 1. The molecule has 3 rings (SSSR count). The summed E-state index contributed by atoms with van der Waals surface area (Å²) in [6.07, 6.45) is 0. The number of anilines is 1. The number of primary amides is 1. The first-order valence-corrected chi connectivity index (χ1v) is 7.80. The van der Waals surface area contributed by atoms with Gasteiger partial charge in [-0.1, -0.05) is 12.1 Å². The largest absolute Gasteiger partial charge is 0.484 e. The van der Waals surface area contributed by atoms with Gasteiger partial charge in [-0.15, -0.1) is 0 Å². The van der Waals surface area contributed by atoms with E-state index in [-0.39, 0.29) is 12.2 Å². The Morgan fingerprint density at radius 3 is 2.69 bits per heavy atom. The van der Waals surface area contributed by atoms with E-state index in [1.165, 1.54) is 12.1 Å². The van der Waals surface area contributed by atoms with Crippen molar-refractivity contribution in [2.45, 2.75) is 6.92 Å². The maximum atomic E-state index is 12.1. The zero-order chi connectivity index (χ0) is 18.7. The normalized spacial score (nSPS) is 10.5. The molecular weight excluding hydrogens is 336 g/mol. The third-order valence-corrected chi connectivity index (χ3v) is 3.76. The molecule has 0 fully saturated rings. The van der Waals surface area contributed by atoms with E-state index in [1.807, 2.05) is 6.92 Å². The van der Waals surface area contributed by atoms with Crippen LogP contribution in [-0.2, 0) is 4.79 Å². The number of nitrogens with one attached hydrogen (secondary N) is 1. The van der Waals surface area contributed by atoms with Gasteiger partial charge in [0, 0.05) is 17.5 Å². The predicted molar refractivity (Wildman–Crippen MR) is 96.3 cm³/mol. The second-order valence-corrected chi connectivity index (χ2v) is 5.65. The van der Waals surface area contributed by atoms with E-state index in [0.29, 0.717) is 17.0 Å². The van der Waals surface area contributed by atoms with Crippen molar-refractivity contribution in [2.24, 2.45) is 5.73 Å². The molecule has 3 N–H and O–H groups in total. The van der Waals surface area contributed by atoms with Crippen molar-refractivity contribution in [3.63, 3.8) is 0 Å². The number of rotatable bonds is 5. The zero-order valence-electron chi connectivity index (χ0n) is 13.9. The Bertz CT molecular complexity index is 1060. The molecule has 1 aromatic heterocycles. The van der Waals surface area contributed by atoms with Crippen molar-refractivity contribution in [1.82, 2.24) is 0 Å². The number of carbonyl (C=O) groups is 2. The van der Waals surface area contributed by atoms with Crippen LogP contribution in [-0.4, -0.2) is 18.4 Å². The van der Waals surface area contributed by atoms with E-state index in [2.05, 4.69) is 5.32 Å². The fourth-order valence-corrected chi connectivity index (χ4v) is 2.54. The lowest BCUT2D eigenvalue weighted by molar-refractivity contribution is -0.118. The Morgan fingerprint density at radius 1 is 1.15 bits per heavy atom. The van der Waals surface area contributed by atoms with E-state index >= 15 is 0 Å². The maximum absolute atomic E-state index is 12.1. The fourth-order valence-electron chi connectivity index (χ4n) is 2.54. The van der Waals surface area contributed by atoms with E-state index in [9.17, 15) is 14.4 Å². The minimum absolute atomic E-state index is 0.212. The first-order chi connectivity index (χ1) is 12.4. The molecular formula is C19H16N2O5. The standard InChI is InChI=1S/C19H16N2O5/c1-11-8-18(23)26-16-9-12(6-7-13(11)16)25-10-17(22)21-15-5-3-2-4-14(15)19(20)24/h2-9H,10H2,1H3,(H2,20,24)(H,21,22). The molecule has 0 saturated carbocycles. The second-order valence-electron chi connectivity index (χ2n) is 5.65. The molecule has 0 aliphatic rings. The lowest BCUT2D eigenvalue weighted by atomic mass is 10.1. The molecule has 0 unspecified atom stereocenters. The number of benzene rings is 2. The number of fused-ring (bicyclic) bond motifs is 1. The zero-order valence-corrected chi connectivity index (χ0v) is 13.9. The van der Waals surface area contributed by atoms with Crippen LogP contribution < -0.4 is 21.4 Å². The van der Waals surface area contributed by atoms with E-state index in [1.54, 1.807) is 36.4 Å². The monoisotopic (exact) mass is 352 g/mol. The highest BCUT2D eigenvalue weighted by Crippen LogP contribution is 2.22. The second kappa shape index (κ2) is 7.10. The molecule has 0 atom stereocenters. The third kappa shape index (κ3) is 3.72. The minimum Gasteiger partial charge on any atom is -0.484 e. The number of para-hydroxylation sites is 1. The van der Waals surface area contributed by atoms with Crippen molar-refractivity contribution >= 4 is 28.5 Å². The number of carbonyl (C=O) groups excluding carboxylic acids is 2. The van der Waals surface area contributed by atoms with Crippen LogP contribution in [0, 0.1) is 6.92 Å². The smallest absolute Gasteiger partial charge is 0.336 e. The summed E-state index contributed by atoms with van der Waals surface area (Å²) < 4.78 is 10.6. The molecule has 2 aromatic carbocycles. The molecule has 0 radical (unpaired) electrons. The van der Waals surface area contributed by atoms with Crippen molar-refractivity contribution < 1.29 is 18.7 Å². The molecule has 132 valence electrons. The lowest BCUT2D eigenvalue weighted by Gasteiger charge is -2.10. The van der Waals surface area contributed by atoms with E-state index in [0.717, 1.165) is 10.9 Å². The van der Waals surface area contributed by atoms with Gasteiger partial charge in [0.15, 0.2) is 6.61 Å². The molecule has 0 saturated heterocycles. The molecule has 1 heterocycles. The van der Waals surface area contributed by atoms with E-state index in [4.69, 9.17) is 14.9 Å². The average molecular weight is 352 g/mol. The summed E-state index contributed by atoms with van der Waals surface area (Å²) in [6, 6.07) is 12.8. The Hall–Kier alpha value is -3.61. The first-order valence-electron chi connectivity index (χ1n) is 7.80. The molecule has 0 aliphatic heterocycles. The number of hydrogen-bond acceptors (Lipinski definition) is 5. The summed E-state index contributed by atoms with van der Waals surface area (Å²) >= 11 is 0. The Labute approximate surface area is 148 Å². The van der Waals surface area contributed by atoms with Gasteiger partial charge in [-0.2, -0.15) is 0 Å². The van der Waals surface area contributed by atoms with Gasteiger partial charge < -0.3 is 20.2 Å². The summed E-state index contributed by atoms with van der Waals surface area (Å²) in [5.41, 5.74) is 6.53. The first kappa shape index (κ1) is 17.2. The van der Waals surface area contributed by atoms with Gasteiger partial charge in [-0.3, -0.25) is 9.59 Å². The molecule has 0 spiro atoms. The lowest BCUT2D eigenvalue weighted by Crippen LogP contribution is -2.22. The van der Waals surface area contributed by atoms with Crippen molar-refractivity contribution in [1.29, 1.82) is 0 Å². The van der Waals surface area contributed by atoms with Gasteiger partial charge in [0.05, 0.1) is 11.3 Å². The highest BCUT2D eigenvalue weighted by atomic mass is 16.5. The molecule has 26 heavy (non-hydrogen) atoms. The molecule has 0 bridgehead atoms. The number of amides is 2. The van der Waals surface area contributed by atoms with Gasteiger partial charge in [-0.25, -0.2) is 4.79 Å². The SMILES string of the molecule is Cc1cc(=O)oc2cc(OCC(=O)Nc3ccccc3C(N)=O)ccc12. The van der Waals surface area contributed by atoms with Crippen molar-refractivity contribution in [3.8, 4) is 5.75 Å². The Morgan fingerprint density at radius 2 is 1.92 bits per heavy atom. The van der Waals surface area contributed by atoms with Crippen LogP contribution in [0.15, 0.2) is 57.7 Å². The van der Waals surface area contributed by atoms with Crippen molar-refractivity contribution in [3.05, 3.63) is 70.1 Å². The van der Waals surface area contributed by atoms with Crippen LogP contribution in [0.25, 0.3) is 11.0 Å². The van der Waals surface area contributed by atoms with Crippen LogP contribution in [0.2, 0.25) is 0 Å². The molecule has 3 aromatic rings. The fraction of sp³-hybridized carbons (Fsp3) is 0.105. The van der Waals surface area contributed by atoms with Crippen LogP contribution in [0.4, 0.5) is 5.69 Å². The third-order valence-electron chi connectivity index (χ3n) is 3.76. The quantitative estimate of drug-likeness (QED) is 0.684. The van der Waals surface area contributed by atoms with Crippen LogP contribution in [0.1, 0.15) is 15.9 Å². The summed E-state index contributed by atoms with van der Waals surface area (Å²) in [5, 5.41) is 3.37. The Kier molecular flexibility index (Phi) is 4.70. The van der Waals surface area contributed by atoms with Gasteiger partial charge in [0.1, 0.15) is 11.3 Å².